The van der Waals surface area contributed by atoms with Gasteiger partial charge in [0.15, 0.2) is 0 Å². The van der Waals surface area contributed by atoms with E-state index in [1.54, 1.807) is 29.2 Å². The molecule has 0 aliphatic carbocycles. The number of carbonyl (C=O) groups is 3. The number of nitrogens with one attached hydrogen (secondary N) is 2. The van der Waals surface area contributed by atoms with E-state index in [0.717, 1.165) is 0 Å². The topological polar surface area (TPSA) is 87.7 Å². The largest absolute Gasteiger partial charge is 0.468 e. The predicted molar refractivity (Wildman–Crippen MR) is 96.5 cm³/mol. The second kappa shape index (κ2) is 9.66. The quantitative estimate of drug-likeness (QED) is 0.740. The van der Waals surface area contributed by atoms with Crippen LogP contribution in [0.3, 0.4) is 0 Å². The van der Waals surface area contributed by atoms with Crippen LogP contribution in [-0.2, 0) is 9.53 Å². The zero-order valence-electron chi connectivity index (χ0n) is 15.5. The highest BCUT2D eigenvalue weighted by Crippen LogP contribution is 2.15. The average Bonchev–Trinajstić information content (AvgIpc) is 2.59. The lowest BCUT2D eigenvalue weighted by molar-refractivity contribution is -0.139. The number of ether oxygens (including phenoxy) is 1. The standard InChI is InChI=1S/C18H27N3O4/c1-6-21(13(4)12(2)3)18(24)20-15-9-7-8-14(10-15)17(23)19-11-16(22)25-5/h7-10,12-13H,6,11H2,1-5H3,(H,19,23)(H,20,24)/t13-/m0/s1. The summed E-state index contributed by atoms with van der Waals surface area (Å²) in [5.74, 6) is -0.607. The van der Waals surface area contributed by atoms with Crippen molar-refractivity contribution in [2.75, 3.05) is 25.5 Å². The molecule has 2 N–H and O–H groups in total. The monoisotopic (exact) mass is 349 g/mol. The number of carbonyl (C=O) groups excluding carboxylic acids is 3. The molecule has 0 radical (unpaired) electrons. The van der Waals surface area contributed by atoms with Crippen molar-refractivity contribution < 1.29 is 19.1 Å². The van der Waals surface area contributed by atoms with Gasteiger partial charge in [-0.05, 0) is 38.0 Å². The molecule has 7 heteroatoms. The number of amides is 3. The molecule has 0 saturated carbocycles. The highest BCUT2D eigenvalue weighted by molar-refractivity contribution is 5.98. The number of esters is 1. The molecule has 1 atom stereocenters. The van der Waals surface area contributed by atoms with Gasteiger partial charge in [0.2, 0.25) is 0 Å². The molecule has 0 saturated heterocycles. The Kier molecular flexibility index (Phi) is 7.91. The number of anilines is 1. The van der Waals surface area contributed by atoms with E-state index in [1.807, 2.05) is 13.8 Å². The smallest absolute Gasteiger partial charge is 0.325 e. The van der Waals surface area contributed by atoms with Crippen molar-refractivity contribution in [2.45, 2.75) is 33.7 Å². The normalized spacial score (nSPS) is 11.6. The van der Waals surface area contributed by atoms with E-state index < -0.39 is 11.9 Å². The average molecular weight is 349 g/mol. The van der Waals surface area contributed by atoms with Gasteiger partial charge in [0.25, 0.3) is 5.91 Å². The number of urea groups is 1. The third kappa shape index (κ3) is 6.10. The van der Waals surface area contributed by atoms with Gasteiger partial charge in [-0.1, -0.05) is 19.9 Å². The fourth-order valence-corrected chi connectivity index (χ4v) is 2.24. The minimum absolute atomic E-state index is 0.0940. The Morgan fingerprint density at radius 3 is 2.44 bits per heavy atom. The van der Waals surface area contributed by atoms with E-state index >= 15 is 0 Å². The molecule has 1 rings (SSSR count). The van der Waals surface area contributed by atoms with Crippen molar-refractivity contribution in [3.63, 3.8) is 0 Å². The van der Waals surface area contributed by atoms with Crippen molar-refractivity contribution >= 4 is 23.6 Å². The van der Waals surface area contributed by atoms with E-state index in [2.05, 4.69) is 29.2 Å². The van der Waals surface area contributed by atoms with Crippen LogP contribution in [0.1, 0.15) is 38.1 Å². The van der Waals surface area contributed by atoms with Gasteiger partial charge in [0.05, 0.1) is 7.11 Å². The first-order chi connectivity index (χ1) is 11.8. The Hall–Kier alpha value is -2.57. The summed E-state index contributed by atoms with van der Waals surface area (Å²) < 4.78 is 4.48. The molecule has 1 aromatic carbocycles. The molecule has 25 heavy (non-hydrogen) atoms. The zero-order valence-corrected chi connectivity index (χ0v) is 15.5. The van der Waals surface area contributed by atoms with Gasteiger partial charge in [-0.2, -0.15) is 0 Å². The number of hydrogen-bond donors (Lipinski definition) is 2. The van der Waals surface area contributed by atoms with Crippen LogP contribution in [0, 0.1) is 5.92 Å². The lowest BCUT2D eigenvalue weighted by Crippen LogP contribution is -2.43. The SMILES string of the molecule is CCN(C(=O)Nc1cccc(C(=O)NCC(=O)OC)c1)[C@@H](C)C(C)C. The molecule has 0 aromatic heterocycles. The summed E-state index contributed by atoms with van der Waals surface area (Å²) in [4.78, 5) is 37.4. The summed E-state index contributed by atoms with van der Waals surface area (Å²) >= 11 is 0. The fourth-order valence-electron chi connectivity index (χ4n) is 2.24. The van der Waals surface area contributed by atoms with E-state index in [-0.39, 0.29) is 18.6 Å². The second-order valence-corrected chi connectivity index (χ2v) is 6.04. The molecule has 0 aliphatic heterocycles. The van der Waals surface area contributed by atoms with E-state index in [4.69, 9.17) is 0 Å². The first kappa shape index (κ1) is 20.5. The molecule has 0 fully saturated rings. The molecular weight excluding hydrogens is 322 g/mol. The van der Waals surface area contributed by atoms with Crippen LogP contribution in [0.5, 0.6) is 0 Å². The Bertz CT molecular complexity index is 616. The van der Waals surface area contributed by atoms with Gasteiger partial charge in [-0.3, -0.25) is 9.59 Å². The van der Waals surface area contributed by atoms with Gasteiger partial charge < -0.3 is 20.3 Å². The van der Waals surface area contributed by atoms with Crippen LogP contribution < -0.4 is 10.6 Å². The molecule has 0 spiro atoms. The van der Waals surface area contributed by atoms with Gasteiger partial charge in [0.1, 0.15) is 6.54 Å². The molecular formula is C18H27N3O4. The first-order valence-corrected chi connectivity index (χ1v) is 8.32. The van der Waals surface area contributed by atoms with Crippen LogP contribution in [-0.4, -0.2) is 49.0 Å². The van der Waals surface area contributed by atoms with Crippen molar-refractivity contribution in [3.8, 4) is 0 Å². The first-order valence-electron chi connectivity index (χ1n) is 8.32. The molecule has 138 valence electrons. The minimum atomic E-state index is -0.529. The van der Waals surface area contributed by atoms with Gasteiger partial charge >= 0.3 is 12.0 Å². The van der Waals surface area contributed by atoms with Gasteiger partial charge in [-0.25, -0.2) is 4.79 Å². The van der Waals surface area contributed by atoms with Crippen LogP contribution >= 0.6 is 0 Å². The lowest BCUT2D eigenvalue weighted by Gasteiger charge is -2.30. The van der Waals surface area contributed by atoms with Crippen LogP contribution in [0.15, 0.2) is 24.3 Å². The van der Waals surface area contributed by atoms with Crippen molar-refractivity contribution in [1.82, 2.24) is 10.2 Å². The number of methoxy groups -OCH3 is 1. The Balaban J connectivity index is 2.78. The van der Waals surface area contributed by atoms with Crippen molar-refractivity contribution in [3.05, 3.63) is 29.8 Å². The molecule has 0 heterocycles. The summed E-state index contributed by atoms with van der Waals surface area (Å²) in [5, 5.41) is 5.28. The lowest BCUT2D eigenvalue weighted by atomic mass is 10.1. The van der Waals surface area contributed by atoms with E-state index in [9.17, 15) is 14.4 Å². The summed E-state index contributed by atoms with van der Waals surface area (Å²) in [6.07, 6.45) is 0. The van der Waals surface area contributed by atoms with Crippen LogP contribution in [0.25, 0.3) is 0 Å². The Morgan fingerprint density at radius 2 is 1.88 bits per heavy atom. The third-order valence-electron chi connectivity index (χ3n) is 4.05. The summed E-state index contributed by atoms with van der Waals surface area (Å²) in [6.45, 7) is 8.44. The summed E-state index contributed by atoms with van der Waals surface area (Å²) in [7, 11) is 1.25. The molecule has 0 aliphatic rings. The van der Waals surface area contributed by atoms with Crippen molar-refractivity contribution in [1.29, 1.82) is 0 Å². The minimum Gasteiger partial charge on any atom is -0.468 e. The summed E-state index contributed by atoms with van der Waals surface area (Å²) in [6, 6.07) is 6.44. The van der Waals surface area contributed by atoms with Gasteiger partial charge in [-0.15, -0.1) is 0 Å². The zero-order chi connectivity index (χ0) is 19.0. The third-order valence-corrected chi connectivity index (χ3v) is 4.05. The van der Waals surface area contributed by atoms with Crippen LogP contribution in [0.2, 0.25) is 0 Å². The van der Waals surface area contributed by atoms with Crippen molar-refractivity contribution in [2.24, 2.45) is 5.92 Å². The molecule has 0 unspecified atom stereocenters. The number of nitrogens with zero attached hydrogens (tertiary/aromatic N) is 1. The van der Waals surface area contributed by atoms with E-state index in [1.165, 1.54) is 7.11 Å². The summed E-state index contributed by atoms with van der Waals surface area (Å²) in [5.41, 5.74) is 0.867. The maximum Gasteiger partial charge on any atom is 0.325 e. The molecule has 3 amide bonds. The molecule has 7 nitrogen and oxygen atoms in total. The van der Waals surface area contributed by atoms with Gasteiger partial charge in [0, 0.05) is 23.8 Å². The highest BCUT2D eigenvalue weighted by Gasteiger charge is 2.21. The molecule has 1 aromatic rings. The second-order valence-electron chi connectivity index (χ2n) is 6.04. The fraction of sp³-hybridized carbons (Fsp3) is 0.500. The Morgan fingerprint density at radius 1 is 1.20 bits per heavy atom. The van der Waals surface area contributed by atoms with E-state index in [0.29, 0.717) is 23.7 Å². The maximum absolute atomic E-state index is 12.5. The molecule has 0 bridgehead atoms. The Labute approximate surface area is 148 Å². The number of hydrogen-bond acceptors (Lipinski definition) is 4. The predicted octanol–water partition coefficient (Wildman–Crippen LogP) is 2.49. The highest BCUT2D eigenvalue weighted by atomic mass is 16.5. The maximum atomic E-state index is 12.5. The van der Waals surface area contributed by atoms with Crippen LogP contribution in [0.4, 0.5) is 10.5 Å². The number of rotatable bonds is 7. The number of benzene rings is 1.